The molecular weight excluding hydrogens is 1160 g/mol. The van der Waals surface area contributed by atoms with E-state index in [1.54, 1.807) is 0 Å². The van der Waals surface area contributed by atoms with Crippen LogP contribution in [-0.4, -0.2) is 74.9 Å². The molecule has 2 unspecified atom stereocenters. The molecule has 0 radical (unpaired) electrons. The van der Waals surface area contributed by atoms with Crippen LogP contribution in [0.4, 0.5) is 0 Å². The number of hydrogen-bond acceptors (Lipinski definition) is 7. The second kappa shape index (κ2) is 72.0. The van der Waals surface area contributed by atoms with Crippen molar-refractivity contribution in [1.29, 1.82) is 0 Å². The fraction of sp³-hybridized carbons (Fsp3) is 0.756. The molecule has 0 bridgehead atoms. The summed E-state index contributed by atoms with van der Waals surface area (Å²) in [4.78, 5) is 36.0. The molecule has 2 atom stereocenters. The molecule has 9 nitrogen and oxygen atoms in total. The lowest BCUT2D eigenvalue weighted by Crippen LogP contribution is -2.37. The minimum absolute atomic E-state index is 0.0300. The van der Waals surface area contributed by atoms with Gasteiger partial charge in [-0.1, -0.05) is 342 Å². The molecule has 532 valence electrons. The third kappa shape index (κ3) is 75.7. The van der Waals surface area contributed by atoms with Crippen molar-refractivity contribution >= 4 is 19.8 Å². The third-order valence-electron chi connectivity index (χ3n) is 16.8. The smallest absolute Gasteiger partial charge is 0.462 e. The number of phosphoric ester groups is 1. The molecule has 0 fully saturated rings. The van der Waals surface area contributed by atoms with Crippen LogP contribution in [0.25, 0.3) is 0 Å². The van der Waals surface area contributed by atoms with Crippen LogP contribution in [0.3, 0.4) is 0 Å². The number of carbonyl (C=O) groups excluding carboxylic acids is 2. The van der Waals surface area contributed by atoms with E-state index in [4.69, 9.17) is 18.5 Å². The highest BCUT2D eigenvalue weighted by Crippen LogP contribution is 2.43. The number of allylic oxidation sites excluding steroid dienone is 18. The van der Waals surface area contributed by atoms with Crippen LogP contribution in [0.2, 0.25) is 0 Å². The SMILES string of the molecule is CC/C=C\C/C=C\C/C=C\C/C=C\C/C=C\C/C=C\C/C=C\CCCCCCCCCCCCCCCCCC(=O)OC(COC(=O)CCCCCCCCCCCCCCCCCCCCC/C=C\C/C=C\CCCCCCC)COP(=O)(O)OCC[N+](C)(C)C. The number of carbonyl (C=O) groups is 2. The van der Waals surface area contributed by atoms with Gasteiger partial charge >= 0.3 is 19.8 Å². The van der Waals surface area contributed by atoms with Crippen molar-refractivity contribution in [2.24, 2.45) is 0 Å². The number of hydrogen-bond donors (Lipinski definition) is 1. The first-order valence-electron chi connectivity index (χ1n) is 38.6. The summed E-state index contributed by atoms with van der Waals surface area (Å²) in [6, 6.07) is 0. The molecule has 0 aromatic rings. The number of nitrogens with zero attached hydrogens (tertiary/aromatic N) is 1. The Labute approximate surface area is 569 Å². The molecule has 0 aromatic heterocycles. The maximum absolute atomic E-state index is 12.9. The van der Waals surface area contributed by atoms with Gasteiger partial charge in [0.25, 0.3) is 0 Å². The Morgan fingerprint density at radius 1 is 0.348 bits per heavy atom. The van der Waals surface area contributed by atoms with E-state index in [0.717, 1.165) is 89.9 Å². The zero-order valence-electron chi connectivity index (χ0n) is 60.8. The average molecular weight is 1310 g/mol. The van der Waals surface area contributed by atoms with Gasteiger partial charge in [0.05, 0.1) is 27.7 Å². The minimum Gasteiger partial charge on any atom is -0.462 e. The third-order valence-corrected chi connectivity index (χ3v) is 17.8. The number of rotatable bonds is 71. The van der Waals surface area contributed by atoms with Crippen molar-refractivity contribution in [3.8, 4) is 0 Å². The van der Waals surface area contributed by atoms with Crippen LogP contribution in [0, 0.1) is 0 Å². The van der Waals surface area contributed by atoms with Gasteiger partial charge in [-0.05, 0) is 103 Å². The monoisotopic (exact) mass is 1310 g/mol. The van der Waals surface area contributed by atoms with E-state index in [1.165, 1.54) is 225 Å². The number of esters is 2. The number of phosphoric acid groups is 1. The van der Waals surface area contributed by atoms with Crippen LogP contribution in [0.5, 0.6) is 0 Å². The van der Waals surface area contributed by atoms with E-state index in [9.17, 15) is 19.0 Å². The predicted molar refractivity (Wildman–Crippen MR) is 399 cm³/mol. The van der Waals surface area contributed by atoms with Crippen molar-refractivity contribution in [3.05, 3.63) is 109 Å². The Hall–Kier alpha value is -3.33. The molecule has 92 heavy (non-hydrogen) atoms. The normalized spacial score (nSPS) is 13.7. The maximum atomic E-state index is 12.9. The van der Waals surface area contributed by atoms with E-state index in [0.29, 0.717) is 17.4 Å². The fourth-order valence-corrected chi connectivity index (χ4v) is 11.7. The highest BCUT2D eigenvalue weighted by molar-refractivity contribution is 7.47. The summed E-state index contributed by atoms with van der Waals surface area (Å²) in [6.07, 6.45) is 102. The van der Waals surface area contributed by atoms with E-state index in [1.807, 2.05) is 21.1 Å². The van der Waals surface area contributed by atoms with E-state index >= 15 is 0 Å². The minimum atomic E-state index is -4.40. The fourth-order valence-electron chi connectivity index (χ4n) is 10.9. The lowest BCUT2D eigenvalue weighted by atomic mass is 10.0. The summed E-state index contributed by atoms with van der Waals surface area (Å²) in [5.41, 5.74) is 0. The summed E-state index contributed by atoms with van der Waals surface area (Å²) < 4.78 is 34.8. The van der Waals surface area contributed by atoms with Gasteiger partial charge in [0.2, 0.25) is 0 Å². The zero-order valence-corrected chi connectivity index (χ0v) is 61.7. The lowest BCUT2D eigenvalue weighted by Gasteiger charge is -2.24. The largest absolute Gasteiger partial charge is 0.472 e. The zero-order chi connectivity index (χ0) is 66.9. The number of quaternary nitrogens is 1. The van der Waals surface area contributed by atoms with Crippen LogP contribution < -0.4 is 0 Å². The van der Waals surface area contributed by atoms with Gasteiger partial charge in [-0.25, -0.2) is 4.57 Å². The van der Waals surface area contributed by atoms with Crippen molar-refractivity contribution < 1.29 is 42.1 Å². The van der Waals surface area contributed by atoms with Crippen molar-refractivity contribution in [2.45, 2.75) is 354 Å². The van der Waals surface area contributed by atoms with Crippen LogP contribution in [0.15, 0.2) is 109 Å². The second-order valence-corrected chi connectivity index (χ2v) is 28.5. The molecule has 1 N–H and O–H groups in total. The molecule has 0 rings (SSSR count). The van der Waals surface area contributed by atoms with Gasteiger partial charge in [-0.15, -0.1) is 0 Å². The molecule has 0 saturated heterocycles. The van der Waals surface area contributed by atoms with Crippen LogP contribution in [0.1, 0.15) is 348 Å². The van der Waals surface area contributed by atoms with Gasteiger partial charge in [0.1, 0.15) is 19.8 Å². The van der Waals surface area contributed by atoms with Crippen molar-refractivity contribution in [1.82, 2.24) is 0 Å². The molecule has 0 aliphatic carbocycles. The van der Waals surface area contributed by atoms with Gasteiger partial charge in [-0.3, -0.25) is 18.6 Å². The van der Waals surface area contributed by atoms with E-state index in [-0.39, 0.29) is 32.0 Å². The number of ether oxygens (including phenoxy) is 2. The molecule has 0 saturated carbocycles. The Morgan fingerprint density at radius 3 is 0.924 bits per heavy atom. The van der Waals surface area contributed by atoms with Gasteiger partial charge in [-0.2, -0.15) is 0 Å². The highest BCUT2D eigenvalue weighted by Gasteiger charge is 2.27. The first-order valence-corrected chi connectivity index (χ1v) is 40.1. The average Bonchev–Trinajstić information content (AvgIpc) is 2.34. The van der Waals surface area contributed by atoms with E-state index < -0.39 is 26.5 Å². The maximum Gasteiger partial charge on any atom is 0.472 e. The number of likely N-dealkylation sites (N-methyl/N-ethyl adjacent to an activating group) is 1. The predicted octanol–water partition coefficient (Wildman–Crippen LogP) is 25.6. The summed E-state index contributed by atoms with van der Waals surface area (Å²) >= 11 is 0. The van der Waals surface area contributed by atoms with Crippen molar-refractivity contribution in [2.75, 3.05) is 47.5 Å². The molecule has 10 heteroatoms. The van der Waals surface area contributed by atoms with E-state index in [2.05, 4.69) is 123 Å². The first-order chi connectivity index (χ1) is 45.0. The Balaban J connectivity index is 3.99. The molecule has 0 aliphatic heterocycles. The Kier molecular flexibility index (Phi) is 69.3. The van der Waals surface area contributed by atoms with Gasteiger partial charge < -0.3 is 18.9 Å². The van der Waals surface area contributed by atoms with Crippen LogP contribution in [-0.2, 0) is 32.7 Å². The molecule has 0 heterocycles. The molecular formula is C82H147NO8P+. The Bertz CT molecular complexity index is 1920. The standard InChI is InChI=1S/C82H146NO8P/c1-6-8-10-12-14-16-18-20-22-24-26-28-30-32-34-36-38-39-40-41-42-43-45-47-49-51-53-55-57-59-61-63-65-67-69-71-73-75-82(85)91-80(79-90-92(86,87)89-77-76-83(3,4)5)78-88-81(84)74-72-70-68-66-64-62-60-58-56-54-52-50-48-46-44-37-35-33-31-29-27-25-23-21-19-17-15-13-11-9-7-2/h8,10,14,16,19-22,25-28,32,34,38-39,41-42,80H,6-7,9,11-13,15,17-18,23-24,29-31,33,35-37,40,43-79H2,1-5H3/p+1/b10-8-,16-14-,21-19-,22-20-,27-25-,28-26-,34-32-,39-38-,42-41-. The first kappa shape index (κ1) is 88.7. The topological polar surface area (TPSA) is 108 Å². The lowest BCUT2D eigenvalue weighted by molar-refractivity contribution is -0.870. The van der Waals surface area contributed by atoms with Gasteiger partial charge in [0.15, 0.2) is 6.10 Å². The quantitative estimate of drug-likeness (QED) is 0.0211. The molecule has 0 aromatic carbocycles. The molecule has 0 spiro atoms. The Morgan fingerprint density at radius 2 is 0.620 bits per heavy atom. The number of unbranched alkanes of at least 4 members (excludes halogenated alkanes) is 39. The second-order valence-electron chi connectivity index (χ2n) is 27.0. The molecule has 0 amide bonds. The summed E-state index contributed by atoms with van der Waals surface area (Å²) in [5, 5.41) is 0. The molecule has 0 aliphatic rings. The van der Waals surface area contributed by atoms with Gasteiger partial charge in [0, 0.05) is 12.8 Å². The summed E-state index contributed by atoms with van der Waals surface area (Å²) in [6.45, 7) is 4.35. The highest BCUT2D eigenvalue weighted by atomic mass is 31.2. The summed E-state index contributed by atoms with van der Waals surface area (Å²) in [7, 11) is 1.48. The summed E-state index contributed by atoms with van der Waals surface area (Å²) in [5.74, 6) is -0.786. The van der Waals surface area contributed by atoms with Crippen LogP contribution >= 0.6 is 7.82 Å². The van der Waals surface area contributed by atoms with Crippen molar-refractivity contribution in [3.63, 3.8) is 0 Å².